The highest BCUT2D eigenvalue weighted by atomic mass is 16.5. The topological polar surface area (TPSA) is 44.1 Å². The fourth-order valence-electron chi connectivity index (χ4n) is 2.21. The van der Waals surface area contributed by atoms with Gasteiger partial charge in [-0.05, 0) is 23.8 Å². The van der Waals surface area contributed by atoms with E-state index in [0.29, 0.717) is 6.54 Å². The van der Waals surface area contributed by atoms with Crippen molar-refractivity contribution >= 4 is 10.9 Å². The van der Waals surface area contributed by atoms with Crippen molar-refractivity contribution in [3.63, 3.8) is 0 Å². The zero-order valence-electron chi connectivity index (χ0n) is 11.1. The smallest absolute Gasteiger partial charge is 0.348 e. The van der Waals surface area contributed by atoms with Gasteiger partial charge < -0.3 is 4.74 Å². The molecule has 0 radical (unpaired) electrons. The number of methoxy groups -OCH3 is 1. The van der Waals surface area contributed by atoms with Gasteiger partial charge >= 0.3 is 5.69 Å². The molecule has 20 heavy (non-hydrogen) atoms. The first-order valence-corrected chi connectivity index (χ1v) is 6.35. The normalized spacial score (nSPS) is 10.7. The summed E-state index contributed by atoms with van der Waals surface area (Å²) in [6.45, 7) is 0.497. The number of hydrogen-bond donors (Lipinski definition) is 0. The van der Waals surface area contributed by atoms with Crippen molar-refractivity contribution in [3.8, 4) is 5.75 Å². The summed E-state index contributed by atoms with van der Waals surface area (Å²) in [5, 5.41) is 0.959. The van der Waals surface area contributed by atoms with Gasteiger partial charge in [0.25, 0.3) is 0 Å². The number of ether oxygens (including phenoxy) is 1. The van der Waals surface area contributed by atoms with Gasteiger partial charge in [0.15, 0.2) is 0 Å². The average Bonchev–Trinajstić information content (AvgIpc) is 2.51. The quantitative estimate of drug-likeness (QED) is 0.731. The maximum absolute atomic E-state index is 12.0. The van der Waals surface area contributed by atoms with Crippen LogP contribution in [0.25, 0.3) is 10.9 Å². The molecule has 4 nitrogen and oxygen atoms in total. The van der Waals surface area contributed by atoms with Gasteiger partial charge in [-0.2, -0.15) is 0 Å². The molecule has 0 bridgehead atoms. The van der Waals surface area contributed by atoms with Gasteiger partial charge in [-0.25, -0.2) is 9.78 Å². The molecular formula is C16H14N2O2. The molecule has 100 valence electrons. The van der Waals surface area contributed by atoms with Crippen LogP contribution in [0.4, 0.5) is 0 Å². The Morgan fingerprint density at radius 3 is 2.60 bits per heavy atom. The molecule has 0 unspecified atom stereocenters. The van der Waals surface area contributed by atoms with Gasteiger partial charge in [0.05, 0.1) is 19.2 Å². The number of para-hydroxylation sites is 1. The van der Waals surface area contributed by atoms with E-state index in [1.54, 1.807) is 17.9 Å². The average molecular weight is 266 g/mol. The summed E-state index contributed by atoms with van der Waals surface area (Å²) in [6, 6.07) is 15.4. The number of rotatable bonds is 3. The zero-order valence-corrected chi connectivity index (χ0v) is 11.1. The minimum atomic E-state index is -0.237. The first kappa shape index (κ1) is 12.4. The molecule has 0 saturated carbocycles. The Bertz CT molecular complexity index is 791. The molecule has 0 atom stereocenters. The maximum atomic E-state index is 12.0. The summed E-state index contributed by atoms with van der Waals surface area (Å²) in [5.74, 6) is 0.803. The molecule has 0 amide bonds. The van der Waals surface area contributed by atoms with Gasteiger partial charge in [-0.1, -0.05) is 30.3 Å². The summed E-state index contributed by atoms with van der Waals surface area (Å²) >= 11 is 0. The lowest BCUT2D eigenvalue weighted by Crippen LogP contribution is -2.23. The third-order valence-corrected chi connectivity index (χ3v) is 3.27. The molecule has 1 heterocycles. The standard InChI is InChI=1S/C16H14N2O2/c1-20-14-8-6-12(7-9-14)11-18-15-5-3-2-4-13(15)10-17-16(18)19/h2-10H,11H2,1H3. The largest absolute Gasteiger partial charge is 0.497 e. The van der Waals surface area contributed by atoms with Crippen molar-refractivity contribution in [3.05, 3.63) is 70.8 Å². The van der Waals surface area contributed by atoms with Gasteiger partial charge in [-0.15, -0.1) is 0 Å². The summed E-state index contributed by atoms with van der Waals surface area (Å²) in [7, 11) is 1.63. The molecular weight excluding hydrogens is 252 g/mol. The van der Waals surface area contributed by atoms with E-state index in [1.165, 1.54) is 0 Å². The van der Waals surface area contributed by atoms with Crippen LogP contribution in [-0.2, 0) is 6.54 Å². The molecule has 0 spiro atoms. The first-order valence-electron chi connectivity index (χ1n) is 6.35. The van der Waals surface area contributed by atoms with E-state index in [2.05, 4.69) is 4.98 Å². The predicted octanol–water partition coefficient (Wildman–Crippen LogP) is 2.45. The van der Waals surface area contributed by atoms with Crippen LogP contribution >= 0.6 is 0 Å². The lowest BCUT2D eigenvalue weighted by Gasteiger charge is -2.09. The van der Waals surface area contributed by atoms with Crippen molar-refractivity contribution in [2.75, 3.05) is 7.11 Å². The molecule has 3 aromatic rings. The molecule has 1 aromatic heterocycles. The van der Waals surface area contributed by atoms with Crippen molar-refractivity contribution in [2.24, 2.45) is 0 Å². The third-order valence-electron chi connectivity index (χ3n) is 3.27. The van der Waals surface area contributed by atoms with Crippen LogP contribution in [0.1, 0.15) is 5.56 Å². The minimum absolute atomic E-state index is 0.237. The van der Waals surface area contributed by atoms with E-state index in [9.17, 15) is 4.79 Å². The Morgan fingerprint density at radius 1 is 1.10 bits per heavy atom. The van der Waals surface area contributed by atoms with Crippen LogP contribution < -0.4 is 10.4 Å². The minimum Gasteiger partial charge on any atom is -0.497 e. The van der Waals surface area contributed by atoms with E-state index in [-0.39, 0.29) is 5.69 Å². The van der Waals surface area contributed by atoms with Crippen LogP contribution in [-0.4, -0.2) is 16.7 Å². The predicted molar refractivity (Wildman–Crippen MR) is 78.1 cm³/mol. The maximum Gasteiger partial charge on any atom is 0.348 e. The zero-order chi connectivity index (χ0) is 13.9. The Hall–Kier alpha value is -2.62. The Labute approximate surface area is 116 Å². The van der Waals surface area contributed by atoms with Crippen LogP contribution in [0.3, 0.4) is 0 Å². The number of aromatic nitrogens is 2. The number of nitrogens with zero attached hydrogens (tertiary/aromatic N) is 2. The molecule has 0 aliphatic rings. The van der Waals surface area contributed by atoms with E-state index >= 15 is 0 Å². The van der Waals surface area contributed by atoms with Crippen LogP contribution in [0.2, 0.25) is 0 Å². The fourth-order valence-corrected chi connectivity index (χ4v) is 2.21. The van der Waals surface area contributed by atoms with E-state index in [0.717, 1.165) is 22.2 Å². The monoisotopic (exact) mass is 266 g/mol. The molecule has 3 rings (SSSR count). The highest BCUT2D eigenvalue weighted by Gasteiger charge is 2.04. The van der Waals surface area contributed by atoms with E-state index in [4.69, 9.17) is 4.74 Å². The Morgan fingerprint density at radius 2 is 1.85 bits per heavy atom. The van der Waals surface area contributed by atoms with Gasteiger partial charge in [0.1, 0.15) is 5.75 Å². The van der Waals surface area contributed by atoms with Crippen molar-refractivity contribution in [1.29, 1.82) is 0 Å². The van der Waals surface area contributed by atoms with Crippen LogP contribution in [0, 0.1) is 0 Å². The van der Waals surface area contributed by atoms with Crippen molar-refractivity contribution < 1.29 is 4.74 Å². The molecule has 4 heteroatoms. The summed E-state index contributed by atoms with van der Waals surface area (Å²) in [4.78, 5) is 15.9. The highest BCUT2D eigenvalue weighted by molar-refractivity contribution is 5.77. The summed E-state index contributed by atoms with van der Waals surface area (Å²) in [5.41, 5.74) is 1.69. The van der Waals surface area contributed by atoms with Gasteiger partial charge in [0.2, 0.25) is 0 Å². The lowest BCUT2D eigenvalue weighted by molar-refractivity contribution is 0.414. The summed E-state index contributed by atoms with van der Waals surface area (Å²) < 4.78 is 6.81. The van der Waals surface area contributed by atoms with Crippen molar-refractivity contribution in [1.82, 2.24) is 9.55 Å². The van der Waals surface area contributed by atoms with E-state index in [1.807, 2.05) is 48.5 Å². The molecule has 0 aliphatic heterocycles. The van der Waals surface area contributed by atoms with E-state index < -0.39 is 0 Å². The Balaban J connectivity index is 2.05. The lowest BCUT2D eigenvalue weighted by atomic mass is 10.2. The summed E-state index contributed by atoms with van der Waals surface area (Å²) in [6.07, 6.45) is 1.61. The molecule has 0 fully saturated rings. The first-order chi connectivity index (χ1) is 9.78. The van der Waals surface area contributed by atoms with Crippen molar-refractivity contribution in [2.45, 2.75) is 6.54 Å². The fraction of sp³-hybridized carbons (Fsp3) is 0.125. The highest BCUT2D eigenvalue weighted by Crippen LogP contribution is 2.14. The molecule has 2 aromatic carbocycles. The Kier molecular flexibility index (Phi) is 3.21. The van der Waals surface area contributed by atoms with Gasteiger partial charge in [-0.3, -0.25) is 4.57 Å². The third kappa shape index (κ3) is 2.28. The van der Waals surface area contributed by atoms with Gasteiger partial charge in [0, 0.05) is 11.6 Å². The molecule has 0 saturated heterocycles. The second-order valence-electron chi connectivity index (χ2n) is 4.53. The number of benzene rings is 2. The number of fused-ring (bicyclic) bond motifs is 1. The van der Waals surface area contributed by atoms with Crippen LogP contribution in [0.5, 0.6) is 5.75 Å². The SMILES string of the molecule is COc1ccc(Cn2c(=O)ncc3ccccc32)cc1. The second-order valence-corrected chi connectivity index (χ2v) is 4.53. The van der Waals surface area contributed by atoms with Crippen LogP contribution in [0.15, 0.2) is 59.5 Å². The molecule has 0 aliphatic carbocycles. The number of hydrogen-bond acceptors (Lipinski definition) is 3. The second kappa shape index (κ2) is 5.17. The molecule has 0 N–H and O–H groups in total.